The van der Waals surface area contributed by atoms with Gasteiger partial charge in [-0.15, -0.1) is 0 Å². The molecule has 0 atom stereocenters. The van der Waals surface area contributed by atoms with Crippen molar-refractivity contribution in [3.05, 3.63) is 94.8 Å². The van der Waals surface area contributed by atoms with E-state index in [0.717, 1.165) is 43.2 Å². The summed E-state index contributed by atoms with van der Waals surface area (Å²) in [5, 5.41) is 0. The second-order valence-electron chi connectivity index (χ2n) is 8.00. The van der Waals surface area contributed by atoms with Crippen molar-refractivity contribution >= 4 is 0 Å². The average molecular weight is 389 g/mol. The van der Waals surface area contributed by atoms with Gasteiger partial charge in [-0.3, -0.25) is 0 Å². The molecule has 0 saturated carbocycles. The summed E-state index contributed by atoms with van der Waals surface area (Å²) in [5.41, 5.74) is 6.46. The van der Waals surface area contributed by atoms with E-state index in [9.17, 15) is 0 Å². The number of halogens is 1. The molecule has 0 N–H and O–H groups in total. The van der Waals surface area contributed by atoms with Gasteiger partial charge in [-0.05, 0) is 59.9 Å². The van der Waals surface area contributed by atoms with Crippen molar-refractivity contribution in [3.63, 3.8) is 0 Å². The maximum absolute atomic E-state index is 15.2. The van der Waals surface area contributed by atoms with E-state index in [0.29, 0.717) is 5.56 Å². The van der Waals surface area contributed by atoms with Gasteiger partial charge in [-0.2, -0.15) is 0 Å². The van der Waals surface area contributed by atoms with E-state index in [1.807, 2.05) is 18.2 Å². The number of hydrogen-bond acceptors (Lipinski definition) is 0. The molecule has 0 radical (unpaired) electrons. The zero-order valence-electron chi connectivity index (χ0n) is 17.9. The Morgan fingerprint density at radius 2 is 1.21 bits per heavy atom. The minimum absolute atomic E-state index is 0.0752. The van der Waals surface area contributed by atoms with Crippen LogP contribution in [0.25, 0.3) is 11.1 Å². The number of benzene rings is 3. The lowest BCUT2D eigenvalue weighted by molar-refractivity contribution is 0.612. The monoisotopic (exact) mass is 388 g/mol. The first kappa shape index (κ1) is 21.3. The van der Waals surface area contributed by atoms with Gasteiger partial charge >= 0.3 is 0 Å². The summed E-state index contributed by atoms with van der Waals surface area (Å²) in [6.45, 7) is 4.42. The molecule has 0 unspecified atom stereocenters. The predicted octanol–water partition coefficient (Wildman–Crippen LogP) is 7.96. The lowest BCUT2D eigenvalue weighted by atomic mass is 9.96. The fraction of sp³-hybridized carbons (Fsp3) is 0.357. The summed E-state index contributed by atoms with van der Waals surface area (Å²) in [6, 6.07) is 23.0. The van der Waals surface area contributed by atoms with Crippen LogP contribution in [0, 0.1) is 5.82 Å². The van der Waals surface area contributed by atoms with Gasteiger partial charge in [0.15, 0.2) is 0 Å². The fourth-order valence-corrected chi connectivity index (χ4v) is 3.87. The van der Waals surface area contributed by atoms with Crippen LogP contribution in [-0.2, 0) is 25.7 Å². The first-order chi connectivity index (χ1) is 14.2. The molecular weight excluding hydrogens is 355 g/mol. The lowest BCUT2D eigenvalue weighted by Gasteiger charge is -2.10. The van der Waals surface area contributed by atoms with Crippen LogP contribution >= 0.6 is 0 Å². The minimum Gasteiger partial charge on any atom is -0.206 e. The number of hydrogen-bond donors (Lipinski definition) is 0. The van der Waals surface area contributed by atoms with E-state index < -0.39 is 0 Å². The fourth-order valence-electron chi connectivity index (χ4n) is 3.87. The normalized spacial score (nSPS) is 11.0. The van der Waals surface area contributed by atoms with E-state index in [2.05, 4.69) is 62.4 Å². The average Bonchev–Trinajstić information content (AvgIpc) is 2.75. The van der Waals surface area contributed by atoms with Crippen molar-refractivity contribution in [1.29, 1.82) is 0 Å². The van der Waals surface area contributed by atoms with E-state index in [1.54, 1.807) is 0 Å². The molecule has 3 aromatic rings. The molecule has 0 fully saturated rings. The van der Waals surface area contributed by atoms with Crippen molar-refractivity contribution in [3.8, 4) is 11.1 Å². The molecule has 3 rings (SSSR count). The summed E-state index contributed by atoms with van der Waals surface area (Å²) < 4.78 is 15.2. The Hall–Kier alpha value is -2.41. The quantitative estimate of drug-likeness (QED) is 0.309. The van der Waals surface area contributed by atoms with Crippen molar-refractivity contribution in [2.75, 3.05) is 0 Å². The molecule has 1 heteroatoms. The van der Waals surface area contributed by atoms with Gasteiger partial charge in [0.25, 0.3) is 0 Å². The first-order valence-corrected chi connectivity index (χ1v) is 11.2. The third-order valence-electron chi connectivity index (χ3n) is 5.66. The molecule has 0 aliphatic carbocycles. The highest BCUT2D eigenvalue weighted by Gasteiger charge is 2.10. The predicted molar refractivity (Wildman–Crippen MR) is 123 cm³/mol. The molecule has 0 aromatic heterocycles. The smallest absolute Gasteiger partial charge is 0.134 e. The summed E-state index contributed by atoms with van der Waals surface area (Å²) in [6.07, 6.45) is 8.70. The topological polar surface area (TPSA) is 0 Å². The molecule has 0 amide bonds. The van der Waals surface area contributed by atoms with Gasteiger partial charge in [-0.1, -0.05) is 99.8 Å². The molecule has 3 aromatic carbocycles. The molecule has 152 valence electrons. The zero-order chi connectivity index (χ0) is 20.5. The molecule has 0 heterocycles. The third-order valence-corrected chi connectivity index (χ3v) is 5.66. The van der Waals surface area contributed by atoms with Gasteiger partial charge in [0.1, 0.15) is 5.82 Å². The van der Waals surface area contributed by atoms with Crippen molar-refractivity contribution in [1.82, 2.24) is 0 Å². The second kappa shape index (κ2) is 11.0. The zero-order valence-corrected chi connectivity index (χ0v) is 17.9. The first-order valence-electron chi connectivity index (χ1n) is 11.2. The van der Waals surface area contributed by atoms with Crippen LogP contribution in [0.15, 0.2) is 66.7 Å². The largest absolute Gasteiger partial charge is 0.206 e. The third kappa shape index (κ3) is 6.03. The molecule has 0 aliphatic rings. The Bertz CT molecular complexity index is 875. The summed E-state index contributed by atoms with van der Waals surface area (Å²) in [4.78, 5) is 0. The minimum atomic E-state index is -0.0752. The van der Waals surface area contributed by atoms with Crippen LogP contribution in [0.1, 0.15) is 61.8 Å². The highest BCUT2D eigenvalue weighted by atomic mass is 19.1. The Morgan fingerprint density at radius 1 is 0.586 bits per heavy atom. The van der Waals surface area contributed by atoms with Crippen LogP contribution in [0.3, 0.4) is 0 Å². The maximum Gasteiger partial charge on any atom is 0.134 e. The molecule has 0 saturated heterocycles. The van der Waals surface area contributed by atoms with Gasteiger partial charge in [0.05, 0.1) is 0 Å². The Balaban J connectivity index is 1.67. The van der Waals surface area contributed by atoms with Crippen LogP contribution in [0.2, 0.25) is 0 Å². The number of aryl methyl sites for hydroxylation is 4. The van der Waals surface area contributed by atoms with E-state index in [1.165, 1.54) is 36.0 Å². The summed E-state index contributed by atoms with van der Waals surface area (Å²) in [7, 11) is 0. The summed E-state index contributed by atoms with van der Waals surface area (Å²) in [5.74, 6) is -0.0752. The maximum atomic E-state index is 15.2. The molecule has 0 bridgehead atoms. The highest BCUT2D eigenvalue weighted by Crippen LogP contribution is 2.26. The lowest BCUT2D eigenvalue weighted by Crippen LogP contribution is -1.97. The molecule has 0 aliphatic heterocycles. The molecule has 0 spiro atoms. The number of rotatable bonds is 10. The van der Waals surface area contributed by atoms with Crippen molar-refractivity contribution in [2.45, 2.75) is 65.2 Å². The standard InChI is InChI=1S/C28H33F/c1-3-5-6-9-23-16-19-25(20-17-23)27-11-7-10-26(28(27)29)21-18-24-14-12-22(8-4-2)13-15-24/h7,10-17,19-20H,3-6,8-9,18,21H2,1-2H3. The van der Waals surface area contributed by atoms with E-state index in [-0.39, 0.29) is 5.82 Å². The Kier molecular flexibility index (Phi) is 8.04. The Labute approximate surface area is 175 Å². The Morgan fingerprint density at radius 3 is 1.86 bits per heavy atom. The van der Waals surface area contributed by atoms with E-state index in [4.69, 9.17) is 0 Å². The second-order valence-corrected chi connectivity index (χ2v) is 8.00. The van der Waals surface area contributed by atoms with Crippen molar-refractivity contribution in [2.24, 2.45) is 0 Å². The van der Waals surface area contributed by atoms with Crippen LogP contribution < -0.4 is 0 Å². The number of unbranched alkanes of at least 4 members (excludes halogenated alkanes) is 2. The molecule has 29 heavy (non-hydrogen) atoms. The van der Waals surface area contributed by atoms with Gasteiger partial charge in [-0.25, -0.2) is 4.39 Å². The van der Waals surface area contributed by atoms with E-state index >= 15 is 4.39 Å². The SMILES string of the molecule is CCCCCc1ccc(-c2cccc(CCc3ccc(CCC)cc3)c2F)cc1. The van der Waals surface area contributed by atoms with Crippen LogP contribution in [0.5, 0.6) is 0 Å². The highest BCUT2D eigenvalue weighted by molar-refractivity contribution is 5.65. The molecular formula is C28H33F. The van der Waals surface area contributed by atoms with Crippen LogP contribution in [-0.4, -0.2) is 0 Å². The molecule has 0 nitrogen and oxygen atoms in total. The van der Waals surface area contributed by atoms with Gasteiger partial charge in [0.2, 0.25) is 0 Å². The van der Waals surface area contributed by atoms with Gasteiger partial charge < -0.3 is 0 Å². The van der Waals surface area contributed by atoms with Crippen LogP contribution in [0.4, 0.5) is 4.39 Å². The summed E-state index contributed by atoms with van der Waals surface area (Å²) >= 11 is 0. The van der Waals surface area contributed by atoms with Gasteiger partial charge in [0, 0.05) is 5.56 Å². The van der Waals surface area contributed by atoms with Crippen molar-refractivity contribution < 1.29 is 4.39 Å².